The van der Waals surface area contributed by atoms with Crippen molar-refractivity contribution in [1.29, 1.82) is 0 Å². The van der Waals surface area contributed by atoms with Crippen LogP contribution in [0.4, 0.5) is 4.79 Å². The Labute approximate surface area is 174 Å². The number of fused-ring (bicyclic) bond motifs is 3. The molecule has 0 spiro atoms. The van der Waals surface area contributed by atoms with Gasteiger partial charge in [0.1, 0.15) is 6.61 Å². The molecule has 5 nitrogen and oxygen atoms in total. The van der Waals surface area contributed by atoms with Crippen molar-refractivity contribution >= 4 is 12.0 Å². The van der Waals surface area contributed by atoms with Crippen molar-refractivity contribution in [3.05, 3.63) is 95.1 Å². The maximum Gasteiger partial charge on any atom is 0.407 e. The Morgan fingerprint density at radius 3 is 2.17 bits per heavy atom. The third-order valence-electron chi connectivity index (χ3n) is 5.08. The van der Waals surface area contributed by atoms with E-state index in [1.165, 1.54) is 11.1 Å². The van der Waals surface area contributed by atoms with E-state index in [1.807, 2.05) is 24.3 Å². The van der Waals surface area contributed by atoms with E-state index in [-0.39, 0.29) is 19.1 Å². The molecule has 0 fully saturated rings. The largest absolute Gasteiger partial charge is 0.449 e. The van der Waals surface area contributed by atoms with Crippen LogP contribution in [0.3, 0.4) is 0 Å². The van der Waals surface area contributed by atoms with Gasteiger partial charge < -0.3 is 15.8 Å². The van der Waals surface area contributed by atoms with Crippen LogP contribution in [0.25, 0.3) is 11.1 Å². The average molecular weight is 396 g/mol. The standard InChI is InChI=1S/C25H20N2O3/c26-24(28)18-10-2-1-8-17(18)9-7-15-27-25(29)30-16-23-21-13-5-3-11-19(21)20-12-4-6-14-22(20)23/h1-6,8,10-14,23H,15-16H2,(H2,26,28)(H,27,29). The van der Waals surface area contributed by atoms with Gasteiger partial charge in [-0.15, -0.1) is 0 Å². The first-order chi connectivity index (χ1) is 14.6. The number of nitrogens with one attached hydrogen (secondary N) is 1. The highest BCUT2D eigenvalue weighted by Gasteiger charge is 2.28. The quantitative estimate of drug-likeness (QED) is 0.660. The highest BCUT2D eigenvalue weighted by molar-refractivity contribution is 5.95. The van der Waals surface area contributed by atoms with Gasteiger partial charge in [-0.05, 0) is 34.4 Å². The lowest BCUT2D eigenvalue weighted by Gasteiger charge is -2.14. The minimum absolute atomic E-state index is 0.0108. The number of hydrogen-bond acceptors (Lipinski definition) is 3. The molecule has 148 valence electrons. The summed E-state index contributed by atoms with van der Waals surface area (Å²) in [5.74, 6) is 5.14. The molecule has 0 aliphatic heterocycles. The van der Waals surface area contributed by atoms with E-state index in [1.54, 1.807) is 24.3 Å². The van der Waals surface area contributed by atoms with Crippen molar-refractivity contribution in [1.82, 2.24) is 5.32 Å². The lowest BCUT2D eigenvalue weighted by atomic mass is 9.98. The predicted molar refractivity (Wildman–Crippen MR) is 115 cm³/mol. The fraction of sp³-hybridized carbons (Fsp3) is 0.120. The lowest BCUT2D eigenvalue weighted by molar-refractivity contribution is 0.1000. The third kappa shape index (κ3) is 3.89. The molecule has 0 atom stereocenters. The maximum atomic E-state index is 12.1. The van der Waals surface area contributed by atoms with Crippen molar-refractivity contribution in [2.75, 3.05) is 13.2 Å². The van der Waals surface area contributed by atoms with Crippen LogP contribution < -0.4 is 11.1 Å². The normalized spacial score (nSPS) is 11.6. The molecule has 2 amide bonds. The Balaban J connectivity index is 1.36. The molecule has 0 aromatic heterocycles. The number of alkyl carbamates (subject to hydrolysis) is 1. The molecule has 0 unspecified atom stereocenters. The lowest BCUT2D eigenvalue weighted by Crippen LogP contribution is -2.26. The summed E-state index contributed by atoms with van der Waals surface area (Å²) < 4.78 is 5.46. The summed E-state index contributed by atoms with van der Waals surface area (Å²) in [7, 11) is 0. The molecule has 0 bridgehead atoms. The van der Waals surface area contributed by atoms with Crippen molar-refractivity contribution in [2.24, 2.45) is 5.73 Å². The Bertz CT molecular complexity index is 1130. The first-order valence-corrected chi connectivity index (χ1v) is 9.61. The minimum atomic E-state index is -0.538. The summed E-state index contributed by atoms with van der Waals surface area (Å²) in [5.41, 5.74) is 10.9. The number of carbonyl (C=O) groups is 2. The summed E-state index contributed by atoms with van der Waals surface area (Å²) >= 11 is 0. The fourth-order valence-corrected chi connectivity index (χ4v) is 3.71. The van der Waals surface area contributed by atoms with Gasteiger partial charge in [0.05, 0.1) is 12.1 Å². The number of nitrogens with two attached hydrogens (primary N) is 1. The van der Waals surface area contributed by atoms with Gasteiger partial charge in [-0.25, -0.2) is 4.79 Å². The molecule has 3 N–H and O–H groups in total. The topological polar surface area (TPSA) is 81.4 Å². The van der Waals surface area contributed by atoms with Crippen LogP contribution in [0.2, 0.25) is 0 Å². The number of carbonyl (C=O) groups excluding carboxylic acids is 2. The molecule has 0 radical (unpaired) electrons. The molecule has 0 saturated carbocycles. The maximum absolute atomic E-state index is 12.1. The molecular formula is C25H20N2O3. The molecular weight excluding hydrogens is 376 g/mol. The van der Waals surface area contributed by atoms with E-state index in [2.05, 4.69) is 41.4 Å². The molecule has 5 heteroatoms. The summed E-state index contributed by atoms with van der Waals surface area (Å²) in [5, 5.41) is 2.62. The van der Waals surface area contributed by atoms with E-state index in [0.29, 0.717) is 11.1 Å². The molecule has 1 aliphatic carbocycles. The van der Waals surface area contributed by atoms with Crippen LogP contribution >= 0.6 is 0 Å². The van der Waals surface area contributed by atoms with Crippen LogP contribution in [0, 0.1) is 11.8 Å². The molecule has 3 aromatic rings. The average Bonchev–Trinajstić information content (AvgIpc) is 3.09. The van der Waals surface area contributed by atoms with Crippen LogP contribution in [-0.2, 0) is 4.74 Å². The predicted octanol–water partition coefficient (Wildman–Crippen LogP) is 3.68. The number of ether oxygens (including phenoxy) is 1. The number of hydrogen-bond donors (Lipinski definition) is 2. The van der Waals surface area contributed by atoms with E-state index >= 15 is 0 Å². The smallest absolute Gasteiger partial charge is 0.407 e. The zero-order chi connectivity index (χ0) is 20.9. The molecule has 1 aliphatic rings. The van der Waals surface area contributed by atoms with Gasteiger partial charge in [-0.3, -0.25) is 4.79 Å². The Morgan fingerprint density at radius 1 is 0.900 bits per heavy atom. The van der Waals surface area contributed by atoms with Crippen LogP contribution in [0.1, 0.15) is 33.0 Å². The highest BCUT2D eigenvalue weighted by atomic mass is 16.5. The van der Waals surface area contributed by atoms with E-state index in [4.69, 9.17) is 10.5 Å². The van der Waals surface area contributed by atoms with Crippen molar-refractivity contribution in [3.63, 3.8) is 0 Å². The second-order valence-electron chi connectivity index (χ2n) is 6.89. The fourth-order valence-electron chi connectivity index (χ4n) is 3.71. The van der Waals surface area contributed by atoms with Crippen molar-refractivity contribution in [2.45, 2.75) is 5.92 Å². The monoisotopic (exact) mass is 396 g/mol. The first-order valence-electron chi connectivity index (χ1n) is 9.61. The van der Waals surface area contributed by atoms with E-state index in [0.717, 1.165) is 11.1 Å². The number of rotatable bonds is 4. The Hall–Kier alpha value is -4.04. The number of primary amides is 1. The first kappa shape index (κ1) is 19.3. The summed E-state index contributed by atoms with van der Waals surface area (Å²) in [6, 6.07) is 23.2. The van der Waals surface area contributed by atoms with Gasteiger partial charge >= 0.3 is 6.09 Å². The van der Waals surface area contributed by atoms with Crippen LogP contribution in [0.15, 0.2) is 72.8 Å². The van der Waals surface area contributed by atoms with Gasteiger partial charge in [-0.1, -0.05) is 72.5 Å². The summed E-state index contributed by atoms with van der Waals surface area (Å²) in [6.45, 7) is 0.349. The SMILES string of the molecule is NC(=O)c1ccccc1C#CCNC(=O)OCC1c2ccccc2-c2ccccc21. The Morgan fingerprint density at radius 2 is 1.50 bits per heavy atom. The third-order valence-corrected chi connectivity index (χ3v) is 5.08. The second kappa shape index (κ2) is 8.54. The summed E-state index contributed by atoms with van der Waals surface area (Å²) in [4.78, 5) is 23.5. The zero-order valence-electron chi connectivity index (χ0n) is 16.2. The zero-order valence-corrected chi connectivity index (χ0v) is 16.2. The van der Waals surface area contributed by atoms with Gasteiger partial charge in [0.2, 0.25) is 5.91 Å². The van der Waals surface area contributed by atoms with Crippen molar-refractivity contribution in [3.8, 4) is 23.0 Å². The van der Waals surface area contributed by atoms with E-state index < -0.39 is 12.0 Å². The Kier molecular flexibility index (Phi) is 5.49. The van der Waals surface area contributed by atoms with Crippen LogP contribution in [-0.4, -0.2) is 25.2 Å². The highest BCUT2D eigenvalue weighted by Crippen LogP contribution is 2.44. The van der Waals surface area contributed by atoms with E-state index in [9.17, 15) is 9.59 Å². The molecule has 4 rings (SSSR count). The molecule has 0 saturated heterocycles. The number of benzene rings is 3. The van der Waals surface area contributed by atoms with Gasteiger partial charge in [0.25, 0.3) is 0 Å². The van der Waals surface area contributed by atoms with Crippen molar-refractivity contribution < 1.29 is 14.3 Å². The molecule has 30 heavy (non-hydrogen) atoms. The van der Waals surface area contributed by atoms with Crippen LogP contribution in [0.5, 0.6) is 0 Å². The molecule has 0 heterocycles. The molecule has 3 aromatic carbocycles. The van der Waals surface area contributed by atoms with Gasteiger partial charge in [-0.2, -0.15) is 0 Å². The van der Waals surface area contributed by atoms with Gasteiger partial charge in [0, 0.05) is 11.5 Å². The summed E-state index contributed by atoms with van der Waals surface area (Å²) in [6.07, 6.45) is -0.533. The number of amides is 2. The minimum Gasteiger partial charge on any atom is -0.449 e. The second-order valence-corrected chi connectivity index (χ2v) is 6.89. The van der Waals surface area contributed by atoms with Gasteiger partial charge in [0.15, 0.2) is 0 Å².